The molecule has 1 aromatic carbocycles. The number of rotatable bonds is 3. The van der Waals surface area contributed by atoms with E-state index in [0.717, 1.165) is 0 Å². The van der Waals surface area contributed by atoms with E-state index < -0.39 is 0 Å². The predicted molar refractivity (Wildman–Crippen MR) is 79.8 cm³/mol. The number of benzene rings is 1. The van der Waals surface area contributed by atoms with Crippen molar-refractivity contribution in [1.29, 1.82) is 0 Å². The molecule has 0 radical (unpaired) electrons. The lowest BCUT2D eigenvalue weighted by Crippen LogP contribution is -2.05. The van der Waals surface area contributed by atoms with Gasteiger partial charge in [-0.25, -0.2) is 0 Å². The number of carbonyl (C=O) groups excluding carboxylic acids is 1. The number of aromatic hydroxyl groups is 1. The molecular weight excluding hydrogens is 284 g/mol. The minimum atomic E-state index is -0.169. The lowest BCUT2D eigenvalue weighted by atomic mass is 10.3. The molecule has 0 unspecified atom stereocenters. The van der Waals surface area contributed by atoms with Crippen LogP contribution in [0.15, 0.2) is 42.7 Å². The van der Waals surface area contributed by atoms with Crippen LogP contribution in [-0.4, -0.2) is 26.0 Å². The number of carbonyl (C=O) groups is 1. The molecule has 1 amide bonds. The third kappa shape index (κ3) is 2.93. The fraction of sp³-hybridized carbons (Fsp3) is 0.0667. The Balaban J connectivity index is 1.85. The number of pyridine rings is 1. The van der Waals surface area contributed by atoms with Crippen LogP contribution in [0.1, 0.15) is 6.92 Å². The lowest BCUT2D eigenvalue weighted by Gasteiger charge is -2.07. The quantitative estimate of drug-likeness (QED) is 0.770. The number of hydrogen-bond donors (Lipinski definition) is 2. The average Bonchev–Trinajstić information content (AvgIpc) is 2.49. The highest BCUT2D eigenvalue weighted by molar-refractivity contribution is 5.88. The van der Waals surface area contributed by atoms with Gasteiger partial charge in [0.2, 0.25) is 11.8 Å². The van der Waals surface area contributed by atoms with Crippen LogP contribution in [0.25, 0.3) is 10.9 Å². The first-order chi connectivity index (χ1) is 10.6. The van der Waals surface area contributed by atoms with Crippen molar-refractivity contribution in [3.63, 3.8) is 0 Å². The molecule has 22 heavy (non-hydrogen) atoms. The third-order valence-electron chi connectivity index (χ3n) is 2.84. The number of nitrogens with zero attached hydrogens (tertiary/aromatic N) is 3. The maximum absolute atomic E-state index is 11.0. The minimum Gasteiger partial charge on any atom is -0.493 e. The van der Waals surface area contributed by atoms with Crippen molar-refractivity contribution in [2.75, 3.05) is 5.32 Å². The van der Waals surface area contributed by atoms with E-state index in [4.69, 9.17) is 4.74 Å². The van der Waals surface area contributed by atoms with Gasteiger partial charge in [0, 0.05) is 18.8 Å². The van der Waals surface area contributed by atoms with Gasteiger partial charge in [0.25, 0.3) is 0 Å². The molecule has 0 aliphatic carbocycles. The summed E-state index contributed by atoms with van der Waals surface area (Å²) in [5.74, 6) is 0.165. The minimum absolute atomic E-state index is 0.0188. The van der Waals surface area contributed by atoms with Gasteiger partial charge in [0.05, 0.1) is 17.1 Å². The first-order valence-corrected chi connectivity index (χ1v) is 6.48. The Kier molecular flexibility index (Phi) is 3.53. The molecule has 0 bridgehead atoms. The number of amides is 1. The Bertz CT molecular complexity index is 834. The molecule has 2 heterocycles. The second-order valence-electron chi connectivity index (χ2n) is 4.53. The van der Waals surface area contributed by atoms with E-state index in [2.05, 4.69) is 20.3 Å². The number of nitrogens with one attached hydrogen (secondary N) is 1. The van der Waals surface area contributed by atoms with Crippen LogP contribution < -0.4 is 10.1 Å². The monoisotopic (exact) mass is 296 g/mol. The van der Waals surface area contributed by atoms with Crippen molar-refractivity contribution >= 4 is 22.5 Å². The highest BCUT2D eigenvalue weighted by Gasteiger charge is 2.08. The standard InChI is InChI=1S/C15H12N4O3/c1-9(20)17-10-2-4-11(5-3-10)22-15-18-13-8-16-7-6-12(13)14(21)19-15/h2-8H,1H3,(H,17,20)(H,18,19,21). The molecular formula is C15H12N4O3. The lowest BCUT2D eigenvalue weighted by molar-refractivity contribution is -0.114. The van der Waals surface area contributed by atoms with E-state index >= 15 is 0 Å². The van der Waals surface area contributed by atoms with Gasteiger partial charge < -0.3 is 15.2 Å². The highest BCUT2D eigenvalue weighted by atomic mass is 16.5. The first kappa shape index (κ1) is 13.7. The zero-order chi connectivity index (χ0) is 15.5. The smallest absolute Gasteiger partial charge is 0.325 e. The van der Waals surface area contributed by atoms with Crippen molar-refractivity contribution in [1.82, 2.24) is 15.0 Å². The fourth-order valence-electron chi connectivity index (χ4n) is 1.90. The number of fused-ring (bicyclic) bond motifs is 1. The van der Waals surface area contributed by atoms with Crippen LogP contribution >= 0.6 is 0 Å². The normalized spacial score (nSPS) is 10.4. The first-order valence-electron chi connectivity index (χ1n) is 6.48. The van der Waals surface area contributed by atoms with Crippen molar-refractivity contribution in [2.45, 2.75) is 6.92 Å². The Morgan fingerprint density at radius 2 is 1.95 bits per heavy atom. The summed E-state index contributed by atoms with van der Waals surface area (Å²) < 4.78 is 5.50. The molecule has 0 spiro atoms. The molecule has 7 nitrogen and oxygen atoms in total. The molecule has 7 heteroatoms. The molecule has 2 aromatic heterocycles. The number of hydrogen-bond acceptors (Lipinski definition) is 6. The van der Waals surface area contributed by atoms with E-state index in [-0.39, 0.29) is 17.8 Å². The summed E-state index contributed by atoms with van der Waals surface area (Å²) in [6.45, 7) is 1.43. The Hall–Kier alpha value is -3.22. The van der Waals surface area contributed by atoms with Crippen LogP contribution in [0.2, 0.25) is 0 Å². The van der Waals surface area contributed by atoms with Gasteiger partial charge in [0.15, 0.2) is 0 Å². The molecule has 0 aliphatic rings. The summed E-state index contributed by atoms with van der Waals surface area (Å²) in [7, 11) is 0. The summed E-state index contributed by atoms with van der Waals surface area (Å²) in [6.07, 6.45) is 3.07. The van der Waals surface area contributed by atoms with E-state index in [1.807, 2.05) is 0 Å². The predicted octanol–water partition coefficient (Wildman–Crippen LogP) is 2.48. The Morgan fingerprint density at radius 3 is 2.68 bits per heavy atom. The number of anilines is 1. The summed E-state index contributed by atoms with van der Waals surface area (Å²) in [4.78, 5) is 23.0. The number of aromatic nitrogens is 3. The van der Waals surface area contributed by atoms with Crippen LogP contribution in [-0.2, 0) is 4.79 Å². The van der Waals surface area contributed by atoms with E-state index in [9.17, 15) is 9.90 Å². The zero-order valence-electron chi connectivity index (χ0n) is 11.6. The van der Waals surface area contributed by atoms with Crippen LogP contribution in [0.4, 0.5) is 5.69 Å². The number of ether oxygens (including phenoxy) is 1. The zero-order valence-corrected chi connectivity index (χ0v) is 11.6. The van der Waals surface area contributed by atoms with Crippen LogP contribution in [0, 0.1) is 0 Å². The molecule has 0 saturated carbocycles. The van der Waals surface area contributed by atoms with Gasteiger partial charge in [-0.2, -0.15) is 9.97 Å². The van der Waals surface area contributed by atoms with Gasteiger partial charge in [-0.1, -0.05) is 0 Å². The highest BCUT2D eigenvalue weighted by Crippen LogP contribution is 2.26. The molecule has 0 aliphatic heterocycles. The van der Waals surface area contributed by atoms with Crippen molar-refractivity contribution in [2.24, 2.45) is 0 Å². The van der Waals surface area contributed by atoms with Crippen molar-refractivity contribution in [3.05, 3.63) is 42.7 Å². The summed E-state index contributed by atoms with van der Waals surface area (Å²) in [5, 5.41) is 13.0. The molecule has 0 saturated heterocycles. The summed E-state index contributed by atoms with van der Waals surface area (Å²) in [6, 6.07) is 8.36. The molecule has 2 N–H and O–H groups in total. The molecule has 3 aromatic rings. The van der Waals surface area contributed by atoms with Crippen molar-refractivity contribution < 1.29 is 14.6 Å². The Labute approximate surface area is 125 Å². The van der Waals surface area contributed by atoms with Crippen LogP contribution in [0.5, 0.6) is 17.6 Å². The topological polar surface area (TPSA) is 97.2 Å². The molecule has 110 valence electrons. The molecule has 3 rings (SSSR count). The maximum atomic E-state index is 11.0. The van der Waals surface area contributed by atoms with Gasteiger partial charge in [-0.05, 0) is 30.3 Å². The van der Waals surface area contributed by atoms with Gasteiger partial charge in [0.1, 0.15) is 5.75 Å². The molecule has 0 atom stereocenters. The largest absolute Gasteiger partial charge is 0.493 e. The maximum Gasteiger partial charge on any atom is 0.325 e. The van der Waals surface area contributed by atoms with E-state index in [0.29, 0.717) is 22.3 Å². The second-order valence-corrected chi connectivity index (χ2v) is 4.53. The van der Waals surface area contributed by atoms with E-state index in [1.54, 1.807) is 36.5 Å². The third-order valence-corrected chi connectivity index (χ3v) is 2.84. The van der Waals surface area contributed by atoms with Gasteiger partial charge >= 0.3 is 6.01 Å². The summed E-state index contributed by atoms with van der Waals surface area (Å²) in [5.41, 5.74) is 1.14. The second kappa shape index (κ2) is 5.65. The van der Waals surface area contributed by atoms with Gasteiger partial charge in [-0.3, -0.25) is 9.78 Å². The summed E-state index contributed by atoms with van der Waals surface area (Å²) >= 11 is 0. The van der Waals surface area contributed by atoms with E-state index in [1.165, 1.54) is 13.1 Å². The van der Waals surface area contributed by atoms with Crippen molar-refractivity contribution in [3.8, 4) is 17.6 Å². The van der Waals surface area contributed by atoms with Gasteiger partial charge in [-0.15, -0.1) is 0 Å². The average molecular weight is 296 g/mol. The SMILES string of the molecule is CC(=O)Nc1ccc(Oc2nc(O)c3ccncc3n2)cc1. The van der Waals surface area contributed by atoms with Crippen LogP contribution in [0.3, 0.4) is 0 Å². The molecule has 0 fully saturated rings. The Morgan fingerprint density at radius 1 is 1.18 bits per heavy atom. The fourth-order valence-corrected chi connectivity index (χ4v) is 1.90.